The fourth-order valence-corrected chi connectivity index (χ4v) is 2.44. The Morgan fingerprint density at radius 2 is 2.17 bits per heavy atom. The van der Waals surface area contributed by atoms with Gasteiger partial charge in [0.05, 0.1) is 10.2 Å². The minimum Gasteiger partial charge on any atom is -0.370 e. The third-order valence-electron chi connectivity index (χ3n) is 3.65. The number of nitrogens with one attached hydrogen (secondary N) is 3. The number of hydrogen-bond acceptors (Lipinski definition) is 8. The van der Waals surface area contributed by atoms with E-state index in [1.807, 2.05) is 5.48 Å². The number of nitrogens with zero attached hydrogens (tertiary/aromatic N) is 4. The standard InChI is InChI=1S/C17H22BrFN8O3/c1-9(2)16(28)24-17(20)22-7-3-6-21-14-13(26-30-27-14)15(25-29)23-10-4-5-12(19)11(18)8-10/h4-5,8-9,29H,3,6-7H2,1-2H3,(H,21,27)(H,23,25)(H3,20,22,24,28). The molecular formula is C17H22BrFN8O3. The van der Waals surface area contributed by atoms with Gasteiger partial charge in [0.25, 0.3) is 0 Å². The minimum atomic E-state index is -0.440. The van der Waals surface area contributed by atoms with E-state index in [4.69, 9.17) is 10.4 Å². The number of aromatic nitrogens is 2. The SMILES string of the molecule is CC(C)C(=O)NC(N)=NCCCNc1nonc1C(=Nc1ccc(F)c(Br)c1)NO. The zero-order valence-corrected chi connectivity index (χ0v) is 17.9. The van der Waals surface area contributed by atoms with Crippen molar-refractivity contribution < 1.29 is 19.0 Å². The van der Waals surface area contributed by atoms with Crippen LogP contribution in [0.2, 0.25) is 0 Å². The van der Waals surface area contributed by atoms with E-state index in [0.717, 1.165) is 0 Å². The Bertz CT molecular complexity index is 931. The third-order valence-corrected chi connectivity index (χ3v) is 4.26. The van der Waals surface area contributed by atoms with E-state index in [-0.39, 0.29) is 39.6 Å². The Balaban J connectivity index is 1.95. The van der Waals surface area contributed by atoms with Gasteiger partial charge in [0.1, 0.15) is 5.82 Å². The van der Waals surface area contributed by atoms with Crippen LogP contribution >= 0.6 is 15.9 Å². The third kappa shape index (κ3) is 6.77. The molecule has 0 spiro atoms. The Labute approximate surface area is 180 Å². The predicted molar refractivity (Wildman–Crippen MR) is 112 cm³/mol. The van der Waals surface area contributed by atoms with Gasteiger partial charge in [-0.15, -0.1) is 0 Å². The van der Waals surface area contributed by atoms with E-state index in [2.05, 4.69) is 46.9 Å². The molecule has 0 radical (unpaired) electrons. The molecule has 0 aliphatic carbocycles. The van der Waals surface area contributed by atoms with E-state index in [0.29, 0.717) is 25.2 Å². The summed E-state index contributed by atoms with van der Waals surface area (Å²) in [6.45, 7) is 4.30. The van der Waals surface area contributed by atoms with Crippen molar-refractivity contribution in [2.24, 2.45) is 21.6 Å². The minimum absolute atomic E-state index is 0.0454. The highest BCUT2D eigenvalue weighted by Gasteiger charge is 2.16. The van der Waals surface area contributed by atoms with Crippen LogP contribution in [0.1, 0.15) is 26.0 Å². The van der Waals surface area contributed by atoms with Gasteiger partial charge in [-0.1, -0.05) is 13.8 Å². The second-order valence-corrected chi connectivity index (χ2v) is 7.18. The van der Waals surface area contributed by atoms with Crippen LogP contribution in [0.5, 0.6) is 0 Å². The van der Waals surface area contributed by atoms with Crippen molar-refractivity contribution in [3.63, 3.8) is 0 Å². The molecule has 30 heavy (non-hydrogen) atoms. The number of hydrogen-bond donors (Lipinski definition) is 5. The van der Waals surface area contributed by atoms with Crippen LogP contribution in [-0.2, 0) is 4.79 Å². The maximum atomic E-state index is 13.4. The molecule has 0 fully saturated rings. The van der Waals surface area contributed by atoms with Crippen LogP contribution in [0.25, 0.3) is 0 Å². The molecule has 6 N–H and O–H groups in total. The van der Waals surface area contributed by atoms with Gasteiger partial charge in [-0.05, 0) is 50.9 Å². The number of halogens is 2. The molecule has 0 saturated heterocycles. The van der Waals surface area contributed by atoms with Crippen LogP contribution in [0, 0.1) is 11.7 Å². The van der Waals surface area contributed by atoms with Crippen molar-refractivity contribution in [1.29, 1.82) is 0 Å². The molecule has 2 aromatic rings. The number of guanidine groups is 1. The summed E-state index contributed by atoms with van der Waals surface area (Å²) in [5.74, 6) is -0.584. The molecule has 1 heterocycles. The lowest BCUT2D eigenvalue weighted by atomic mass is 10.2. The van der Waals surface area contributed by atoms with E-state index < -0.39 is 5.82 Å². The lowest BCUT2D eigenvalue weighted by Gasteiger charge is -2.07. The monoisotopic (exact) mass is 484 g/mol. The van der Waals surface area contributed by atoms with Gasteiger partial charge >= 0.3 is 0 Å². The van der Waals surface area contributed by atoms with Crippen molar-refractivity contribution in [1.82, 2.24) is 21.1 Å². The number of benzene rings is 1. The molecule has 0 aliphatic heterocycles. The van der Waals surface area contributed by atoms with Crippen LogP contribution in [0.3, 0.4) is 0 Å². The first-order valence-corrected chi connectivity index (χ1v) is 9.72. The maximum Gasteiger partial charge on any atom is 0.229 e. The highest BCUT2D eigenvalue weighted by Crippen LogP contribution is 2.23. The summed E-state index contributed by atoms with van der Waals surface area (Å²) in [5, 5.41) is 22.3. The zero-order chi connectivity index (χ0) is 22.1. The maximum absolute atomic E-state index is 13.4. The molecule has 0 atom stereocenters. The second-order valence-electron chi connectivity index (χ2n) is 6.32. The Hall–Kier alpha value is -3.06. The molecule has 162 valence electrons. The first-order valence-electron chi connectivity index (χ1n) is 8.93. The molecule has 0 aliphatic rings. The van der Waals surface area contributed by atoms with Gasteiger partial charge in [-0.2, -0.15) is 0 Å². The number of amidine groups is 1. The summed E-state index contributed by atoms with van der Waals surface area (Å²) in [5.41, 5.74) is 8.07. The van der Waals surface area contributed by atoms with E-state index in [1.165, 1.54) is 18.2 Å². The summed E-state index contributed by atoms with van der Waals surface area (Å²) in [7, 11) is 0. The molecule has 1 aromatic heterocycles. The van der Waals surface area contributed by atoms with Crippen molar-refractivity contribution in [2.75, 3.05) is 18.4 Å². The average molecular weight is 485 g/mol. The predicted octanol–water partition coefficient (Wildman–Crippen LogP) is 1.92. The number of aliphatic imine (C=N–C) groups is 2. The molecule has 2 rings (SSSR count). The van der Waals surface area contributed by atoms with Gasteiger partial charge in [0.15, 0.2) is 17.5 Å². The number of carbonyl (C=O) groups is 1. The number of rotatable bonds is 8. The number of amides is 1. The van der Waals surface area contributed by atoms with Crippen molar-refractivity contribution >= 4 is 45.1 Å². The van der Waals surface area contributed by atoms with Gasteiger partial charge < -0.3 is 11.1 Å². The Kier molecular flexibility index (Phi) is 8.68. The Morgan fingerprint density at radius 3 is 2.83 bits per heavy atom. The summed E-state index contributed by atoms with van der Waals surface area (Å²) in [6.07, 6.45) is 0.564. The molecular weight excluding hydrogens is 463 g/mol. The van der Waals surface area contributed by atoms with Gasteiger partial charge in [0.2, 0.25) is 11.7 Å². The van der Waals surface area contributed by atoms with Crippen LogP contribution in [0.15, 0.2) is 37.3 Å². The van der Waals surface area contributed by atoms with Crippen molar-refractivity contribution in [3.05, 3.63) is 34.2 Å². The number of carbonyl (C=O) groups excluding carboxylic acids is 1. The van der Waals surface area contributed by atoms with Crippen LogP contribution in [0.4, 0.5) is 15.9 Å². The molecule has 1 aromatic carbocycles. The highest BCUT2D eigenvalue weighted by molar-refractivity contribution is 9.10. The summed E-state index contributed by atoms with van der Waals surface area (Å²) in [4.78, 5) is 19.8. The first-order chi connectivity index (χ1) is 14.3. The topological polar surface area (TPSA) is 163 Å². The number of nitrogens with two attached hydrogens (primary N) is 1. The molecule has 11 nitrogen and oxygen atoms in total. The van der Waals surface area contributed by atoms with Gasteiger partial charge in [-0.3, -0.25) is 25.8 Å². The summed E-state index contributed by atoms with van der Waals surface area (Å²) < 4.78 is 18.3. The van der Waals surface area contributed by atoms with Crippen LogP contribution < -0.4 is 21.8 Å². The van der Waals surface area contributed by atoms with Crippen molar-refractivity contribution in [2.45, 2.75) is 20.3 Å². The van der Waals surface area contributed by atoms with Crippen molar-refractivity contribution in [3.8, 4) is 0 Å². The van der Waals surface area contributed by atoms with Gasteiger partial charge in [0, 0.05) is 19.0 Å². The largest absolute Gasteiger partial charge is 0.370 e. The van der Waals surface area contributed by atoms with E-state index in [1.54, 1.807) is 13.8 Å². The number of hydroxylamine groups is 1. The lowest BCUT2D eigenvalue weighted by molar-refractivity contribution is -0.122. The summed E-state index contributed by atoms with van der Waals surface area (Å²) in [6, 6.07) is 4.10. The van der Waals surface area contributed by atoms with E-state index in [9.17, 15) is 14.4 Å². The molecule has 0 saturated carbocycles. The van der Waals surface area contributed by atoms with E-state index >= 15 is 0 Å². The highest BCUT2D eigenvalue weighted by atomic mass is 79.9. The average Bonchev–Trinajstić information content (AvgIpc) is 3.16. The van der Waals surface area contributed by atoms with Gasteiger partial charge in [-0.25, -0.2) is 14.0 Å². The lowest BCUT2D eigenvalue weighted by Crippen LogP contribution is -2.39. The Morgan fingerprint density at radius 1 is 1.40 bits per heavy atom. The fraction of sp³-hybridized carbons (Fsp3) is 0.353. The number of anilines is 1. The molecule has 0 bridgehead atoms. The normalized spacial score (nSPS) is 12.2. The molecule has 0 unspecified atom stereocenters. The first kappa shape index (κ1) is 23.2. The fourth-order valence-electron chi connectivity index (χ4n) is 2.07. The molecule has 1 amide bonds. The smallest absolute Gasteiger partial charge is 0.229 e. The summed E-state index contributed by atoms with van der Waals surface area (Å²) >= 11 is 3.07. The zero-order valence-electron chi connectivity index (χ0n) is 16.3. The molecule has 13 heteroatoms. The quantitative estimate of drug-likeness (QED) is 0.164. The van der Waals surface area contributed by atoms with Crippen LogP contribution in [-0.4, -0.2) is 46.3 Å². The second kappa shape index (κ2) is 11.2.